The molecule has 5 nitrogen and oxygen atoms in total. The van der Waals surface area contributed by atoms with Gasteiger partial charge >= 0.3 is 0 Å². The molecule has 0 saturated carbocycles. The minimum atomic E-state index is -0.660. The first-order chi connectivity index (χ1) is 10.2. The van der Waals surface area contributed by atoms with Gasteiger partial charge in [0.2, 0.25) is 6.29 Å². The number of amides is 1. The first-order valence-corrected chi connectivity index (χ1v) is 6.48. The first-order valence-electron chi connectivity index (χ1n) is 6.48. The van der Waals surface area contributed by atoms with Crippen molar-refractivity contribution in [2.75, 3.05) is 5.32 Å². The summed E-state index contributed by atoms with van der Waals surface area (Å²) in [7, 11) is 0. The van der Waals surface area contributed by atoms with Gasteiger partial charge in [-0.05, 0) is 30.7 Å². The highest BCUT2D eigenvalue weighted by Crippen LogP contribution is 2.31. The average molecular weight is 279 g/mol. The number of anilines is 1. The van der Waals surface area contributed by atoms with Gasteiger partial charge in [0, 0.05) is 29.7 Å². The van der Waals surface area contributed by atoms with Gasteiger partial charge in [0.05, 0.1) is 11.2 Å². The predicted molar refractivity (Wildman–Crippen MR) is 80.5 cm³/mol. The van der Waals surface area contributed by atoms with Crippen LogP contribution in [0.25, 0.3) is 16.6 Å². The molecule has 0 unspecified atom stereocenters. The van der Waals surface area contributed by atoms with E-state index in [0.717, 1.165) is 22.2 Å². The van der Waals surface area contributed by atoms with Gasteiger partial charge in [-0.25, -0.2) is 0 Å². The van der Waals surface area contributed by atoms with Crippen molar-refractivity contribution in [3.8, 4) is 5.69 Å². The minimum Gasteiger partial charge on any atom is -0.318 e. The van der Waals surface area contributed by atoms with Gasteiger partial charge in [-0.1, -0.05) is 12.1 Å². The summed E-state index contributed by atoms with van der Waals surface area (Å²) in [6, 6.07) is 9.66. The molecular weight excluding hydrogens is 266 g/mol. The Morgan fingerprint density at radius 1 is 1.24 bits per heavy atom. The fourth-order valence-corrected chi connectivity index (χ4v) is 2.44. The van der Waals surface area contributed by atoms with E-state index >= 15 is 0 Å². The largest absolute Gasteiger partial charge is 0.318 e. The summed E-state index contributed by atoms with van der Waals surface area (Å²) in [5.41, 5.74) is 3.55. The lowest BCUT2D eigenvalue weighted by molar-refractivity contribution is -0.127. The van der Waals surface area contributed by atoms with E-state index in [0.29, 0.717) is 5.69 Å². The van der Waals surface area contributed by atoms with Crippen molar-refractivity contribution in [3.63, 3.8) is 0 Å². The van der Waals surface area contributed by atoms with Gasteiger partial charge in [-0.2, -0.15) is 0 Å². The third-order valence-corrected chi connectivity index (χ3v) is 3.34. The molecule has 104 valence electrons. The van der Waals surface area contributed by atoms with Crippen molar-refractivity contribution in [2.45, 2.75) is 6.92 Å². The van der Waals surface area contributed by atoms with Crippen LogP contribution in [0.4, 0.5) is 5.69 Å². The highest BCUT2D eigenvalue weighted by molar-refractivity contribution is 6.30. The highest BCUT2D eigenvalue weighted by atomic mass is 16.2. The quantitative estimate of drug-likeness (QED) is 0.591. The number of aromatic nitrogens is 2. The molecule has 0 bridgehead atoms. The number of carbonyl (C=O) groups is 2. The number of nitrogens with zero attached hydrogens (tertiary/aromatic N) is 2. The number of aldehydes is 1. The maximum Gasteiger partial charge on any atom is 0.288 e. The molecule has 0 spiro atoms. The molecule has 1 N–H and O–H groups in total. The number of fused-ring (bicyclic) bond motifs is 1. The lowest BCUT2D eigenvalue weighted by atomic mass is 10.1. The van der Waals surface area contributed by atoms with Crippen LogP contribution in [0.15, 0.2) is 48.9 Å². The summed E-state index contributed by atoms with van der Waals surface area (Å²) in [5.74, 6) is -0.660. The summed E-state index contributed by atoms with van der Waals surface area (Å²) in [4.78, 5) is 26.0. The van der Waals surface area contributed by atoms with Gasteiger partial charge < -0.3 is 9.88 Å². The Labute approximate surface area is 121 Å². The molecule has 0 fully saturated rings. The van der Waals surface area contributed by atoms with E-state index in [9.17, 15) is 9.59 Å². The van der Waals surface area contributed by atoms with Crippen LogP contribution in [0.2, 0.25) is 0 Å². The first kappa shape index (κ1) is 13.1. The maximum absolute atomic E-state index is 11.4. The molecule has 3 rings (SSSR count). The van der Waals surface area contributed by atoms with Crippen molar-refractivity contribution in [2.24, 2.45) is 0 Å². The molecular formula is C16H13N3O2. The van der Waals surface area contributed by atoms with E-state index in [2.05, 4.69) is 10.3 Å². The van der Waals surface area contributed by atoms with Crippen molar-refractivity contribution in [1.82, 2.24) is 9.55 Å². The van der Waals surface area contributed by atoms with Gasteiger partial charge in [-0.15, -0.1) is 0 Å². The average Bonchev–Trinajstić information content (AvgIpc) is 2.88. The molecule has 1 aromatic carbocycles. The SMILES string of the molecule is Cc1cccc2c1c(NC(=O)C=O)cn2-c1ccncc1. The lowest BCUT2D eigenvalue weighted by Gasteiger charge is -2.04. The number of benzene rings is 1. The Balaban J connectivity index is 2.25. The topological polar surface area (TPSA) is 64.0 Å². The zero-order valence-corrected chi connectivity index (χ0v) is 11.4. The number of hydrogen-bond donors (Lipinski definition) is 1. The molecule has 0 saturated heterocycles. The van der Waals surface area contributed by atoms with Crippen molar-refractivity contribution < 1.29 is 9.59 Å². The molecule has 0 atom stereocenters. The second-order valence-corrected chi connectivity index (χ2v) is 4.69. The van der Waals surface area contributed by atoms with Crippen molar-refractivity contribution >= 4 is 28.8 Å². The van der Waals surface area contributed by atoms with Crippen molar-refractivity contribution in [1.29, 1.82) is 0 Å². The van der Waals surface area contributed by atoms with Crippen molar-refractivity contribution in [3.05, 3.63) is 54.5 Å². The predicted octanol–water partition coefficient (Wildman–Crippen LogP) is 2.47. The minimum absolute atomic E-state index is 0.272. The molecule has 0 aliphatic carbocycles. The number of carbonyl (C=O) groups excluding carboxylic acids is 2. The highest BCUT2D eigenvalue weighted by Gasteiger charge is 2.13. The van der Waals surface area contributed by atoms with Crippen LogP contribution in [0.5, 0.6) is 0 Å². The number of nitrogens with one attached hydrogen (secondary N) is 1. The molecule has 0 aliphatic rings. The molecule has 0 aliphatic heterocycles. The molecule has 5 heteroatoms. The van der Waals surface area contributed by atoms with Crippen LogP contribution in [0.3, 0.4) is 0 Å². The smallest absolute Gasteiger partial charge is 0.288 e. The van der Waals surface area contributed by atoms with Gasteiger partial charge in [0.1, 0.15) is 0 Å². The van der Waals surface area contributed by atoms with E-state index in [4.69, 9.17) is 0 Å². The molecule has 3 aromatic rings. The Morgan fingerprint density at radius 3 is 2.71 bits per heavy atom. The van der Waals surface area contributed by atoms with Crippen LogP contribution in [0.1, 0.15) is 5.56 Å². The van der Waals surface area contributed by atoms with E-state index in [1.807, 2.05) is 48.0 Å². The van der Waals surface area contributed by atoms with E-state index in [1.165, 1.54) is 0 Å². The lowest BCUT2D eigenvalue weighted by Crippen LogP contribution is -2.11. The van der Waals surface area contributed by atoms with E-state index in [1.54, 1.807) is 12.4 Å². The van der Waals surface area contributed by atoms with E-state index in [-0.39, 0.29) is 6.29 Å². The summed E-state index contributed by atoms with van der Waals surface area (Å²) in [6.45, 7) is 1.97. The molecule has 0 radical (unpaired) electrons. The molecule has 2 heterocycles. The Morgan fingerprint density at radius 2 is 2.00 bits per heavy atom. The third-order valence-electron chi connectivity index (χ3n) is 3.34. The standard InChI is InChI=1S/C16H13N3O2/c1-11-3-2-4-14-16(11)13(18-15(21)10-20)9-19(14)12-5-7-17-8-6-12/h2-10H,1H3,(H,18,21). The van der Waals surface area contributed by atoms with Gasteiger partial charge in [0.15, 0.2) is 0 Å². The summed E-state index contributed by atoms with van der Waals surface area (Å²) >= 11 is 0. The van der Waals surface area contributed by atoms with Crippen LogP contribution >= 0.6 is 0 Å². The zero-order valence-electron chi connectivity index (χ0n) is 11.4. The fraction of sp³-hybridized carbons (Fsp3) is 0.0625. The zero-order chi connectivity index (χ0) is 14.8. The Bertz CT molecular complexity index is 822. The second kappa shape index (κ2) is 5.20. The van der Waals surface area contributed by atoms with E-state index < -0.39 is 5.91 Å². The van der Waals surface area contributed by atoms with Crippen LogP contribution in [-0.4, -0.2) is 21.7 Å². The Hall–Kier alpha value is -2.95. The van der Waals surface area contributed by atoms with Crippen LogP contribution < -0.4 is 5.32 Å². The number of aryl methyl sites for hydroxylation is 1. The fourth-order valence-electron chi connectivity index (χ4n) is 2.44. The third kappa shape index (κ3) is 2.29. The molecule has 21 heavy (non-hydrogen) atoms. The summed E-state index contributed by atoms with van der Waals surface area (Å²) in [6.07, 6.45) is 5.50. The monoisotopic (exact) mass is 279 g/mol. The summed E-state index contributed by atoms with van der Waals surface area (Å²) in [5, 5.41) is 3.54. The van der Waals surface area contributed by atoms with Gasteiger partial charge in [-0.3, -0.25) is 14.6 Å². The number of pyridine rings is 1. The van der Waals surface area contributed by atoms with Crippen LogP contribution in [0, 0.1) is 6.92 Å². The normalized spacial score (nSPS) is 10.5. The maximum atomic E-state index is 11.4. The van der Waals surface area contributed by atoms with Crippen LogP contribution in [-0.2, 0) is 9.59 Å². The number of rotatable bonds is 3. The second-order valence-electron chi connectivity index (χ2n) is 4.69. The molecule has 1 amide bonds. The summed E-state index contributed by atoms with van der Waals surface area (Å²) < 4.78 is 1.96. The Kier molecular flexibility index (Phi) is 3.23. The molecule has 2 aromatic heterocycles. The van der Waals surface area contributed by atoms with Gasteiger partial charge in [0.25, 0.3) is 5.91 Å². The number of hydrogen-bond acceptors (Lipinski definition) is 3.